The maximum absolute atomic E-state index is 11.0. The molecule has 1 heterocycles. The van der Waals surface area contributed by atoms with Gasteiger partial charge in [0, 0.05) is 4.47 Å². The van der Waals surface area contributed by atoms with Gasteiger partial charge < -0.3 is 9.72 Å². The second-order valence-corrected chi connectivity index (χ2v) is 4.18. The summed E-state index contributed by atoms with van der Waals surface area (Å²) >= 11 is 3.37. The van der Waals surface area contributed by atoms with Crippen LogP contribution in [0.25, 0.3) is 0 Å². The number of rotatable bonds is 2. The quantitative estimate of drug-likeness (QED) is 0.920. The number of H-pyrrole nitrogens is 1. The van der Waals surface area contributed by atoms with E-state index in [-0.39, 0.29) is 11.4 Å². The monoisotopic (exact) mass is 280 g/mol. The van der Waals surface area contributed by atoms with Crippen LogP contribution < -0.4 is 10.3 Å². The van der Waals surface area contributed by atoms with Gasteiger partial charge in [0.25, 0.3) is 5.56 Å². The number of aromatic nitrogens is 2. The van der Waals surface area contributed by atoms with Crippen LogP contribution in [0, 0.1) is 6.92 Å². The molecule has 1 N–H and O–H groups in total. The van der Waals surface area contributed by atoms with Crippen molar-refractivity contribution < 1.29 is 4.74 Å². The van der Waals surface area contributed by atoms with Gasteiger partial charge in [0.1, 0.15) is 5.75 Å². The second kappa shape index (κ2) is 4.49. The first-order valence-corrected chi connectivity index (χ1v) is 5.43. The topological polar surface area (TPSA) is 55.0 Å². The van der Waals surface area contributed by atoms with E-state index < -0.39 is 0 Å². The number of aryl methyl sites for hydroxylation is 1. The van der Waals surface area contributed by atoms with E-state index in [1.807, 2.05) is 25.1 Å². The number of hydrogen-bond donors (Lipinski definition) is 1. The molecule has 0 saturated heterocycles. The molecule has 2 rings (SSSR count). The molecule has 1 aromatic heterocycles. The molecular formula is C11H9BrN2O2. The van der Waals surface area contributed by atoms with Crippen LogP contribution in [0.2, 0.25) is 0 Å². The Hall–Kier alpha value is -1.62. The van der Waals surface area contributed by atoms with Crippen molar-refractivity contribution in [3.8, 4) is 11.6 Å². The zero-order chi connectivity index (χ0) is 11.5. The Morgan fingerprint density at radius 3 is 2.88 bits per heavy atom. The highest BCUT2D eigenvalue weighted by Crippen LogP contribution is 2.25. The second-order valence-electron chi connectivity index (χ2n) is 3.26. The molecule has 0 aliphatic heterocycles. The molecule has 0 atom stereocenters. The first kappa shape index (κ1) is 10.9. The number of ether oxygens (including phenoxy) is 1. The van der Waals surface area contributed by atoms with Crippen molar-refractivity contribution in [1.82, 2.24) is 9.97 Å². The molecule has 1 aromatic carbocycles. The maximum Gasteiger partial charge on any atom is 0.254 e. The fourth-order valence-electron chi connectivity index (χ4n) is 1.25. The summed E-state index contributed by atoms with van der Waals surface area (Å²) in [5.41, 5.74) is 0.733. The predicted molar refractivity (Wildman–Crippen MR) is 63.8 cm³/mol. The highest BCUT2D eigenvalue weighted by Gasteiger charge is 2.03. The van der Waals surface area contributed by atoms with Gasteiger partial charge in [0.2, 0.25) is 5.88 Å². The van der Waals surface area contributed by atoms with E-state index in [0.29, 0.717) is 5.75 Å². The molecule has 16 heavy (non-hydrogen) atoms. The number of hydrogen-bond acceptors (Lipinski definition) is 3. The van der Waals surface area contributed by atoms with Crippen LogP contribution in [-0.4, -0.2) is 9.97 Å². The Balaban J connectivity index is 2.30. The minimum Gasteiger partial charge on any atom is -0.439 e. The van der Waals surface area contributed by atoms with Gasteiger partial charge in [-0.3, -0.25) is 4.79 Å². The van der Waals surface area contributed by atoms with Crippen LogP contribution in [0.1, 0.15) is 5.56 Å². The highest BCUT2D eigenvalue weighted by molar-refractivity contribution is 9.10. The molecule has 0 fully saturated rings. The van der Waals surface area contributed by atoms with Crippen molar-refractivity contribution in [2.45, 2.75) is 6.92 Å². The number of nitrogens with zero attached hydrogens (tertiary/aromatic N) is 1. The highest BCUT2D eigenvalue weighted by atomic mass is 79.9. The third kappa shape index (κ3) is 2.49. The average molecular weight is 281 g/mol. The zero-order valence-corrected chi connectivity index (χ0v) is 10.1. The van der Waals surface area contributed by atoms with E-state index in [9.17, 15) is 4.79 Å². The summed E-state index contributed by atoms with van der Waals surface area (Å²) in [4.78, 5) is 17.4. The predicted octanol–water partition coefficient (Wildman–Crippen LogP) is 2.63. The molecule has 82 valence electrons. The van der Waals surface area contributed by atoms with E-state index in [1.165, 1.54) is 12.4 Å². The number of nitrogens with one attached hydrogen (secondary N) is 1. The van der Waals surface area contributed by atoms with Gasteiger partial charge in [-0.05, 0) is 30.7 Å². The molecule has 0 saturated carbocycles. The van der Waals surface area contributed by atoms with Crippen LogP contribution in [-0.2, 0) is 0 Å². The molecule has 0 radical (unpaired) electrons. The summed E-state index contributed by atoms with van der Waals surface area (Å²) in [6.07, 6.45) is 1.31. The Morgan fingerprint density at radius 1 is 1.38 bits per heavy atom. The third-order valence-corrected chi connectivity index (χ3v) is 2.50. The van der Waals surface area contributed by atoms with Crippen LogP contribution in [0.5, 0.6) is 11.6 Å². The molecule has 0 amide bonds. The lowest BCUT2D eigenvalue weighted by molar-refractivity contribution is 0.457. The molecule has 2 aromatic rings. The van der Waals surface area contributed by atoms with E-state index in [1.54, 1.807) is 0 Å². The summed E-state index contributed by atoms with van der Waals surface area (Å²) < 4.78 is 6.48. The van der Waals surface area contributed by atoms with E-state index >= 15 is 0 Å². The van der Waals surface area contributed by atoms with Gasteiger partial charge in [0.15, 0.2) is 0 Å². The molecule has 5 heteroatoms. The van der Waals surface area contributed by atoms with Crippen molar-refractivity contribution in [2.75, 3.05) is 0 Å². The van der Waals surface area contributed by atoms with Crippen molar-refractivity contribution in [3.05, 3.63) is 51.0 Å². The minimum absolute atomic E-state index is 0.236. The normalized spacial score (nSPS) is 10.1. The molecule has 0 bridgehead atoms. The molecular weight excluding hydrogens is 272 g/mol. The van der Waals surface area contributed by atoms with E-state index in [4.69, 9.17) is 4.74 Å². The molecule has 0 spiro atoms. The summed E-state index contributed by atoms with van der Waals surface area (Å²) in [5.74, 6) is 0.968. The molecule has 4 nitrogen and oxygen atoms in total. The summed E-state index contributed by atoms with van der Waals surface area (Å²) in [6.45, 7) is 1.92. The fourth-order valence-corrected chi connectivity index (χ4v) is 1.72. The Kier molecular flexibility index (Phi) is 3.05. The smallest absolute Gasteiger partial charge is 0.254 e. The average Bonchev–Trinajstić information content (AvgIpc) is 2.22. The van der Waals surface area contributed by atoms with Gasteiger partial charge in [-0.1, -0.05) is 15.9 Å². The summed E-state index contributed by atoms with van der Waals surface area (Å²) in [6, 6.07) is 6.93. The first-order chi connectivity index (χ1) is 7.65. The van der Waals surface area contributed by atoms with Gasteiger partial charge in [0.05, 0.1) is 12.4 Å². The first-order valence-electron chi connectivity index (χ1n) is 4.64. The standard InChI is InChI=1S/C11H9BrN2O2/c1-7-4-8(12)2-3-9(7)16-11-5-10(15)13-6-14-11/h2-6H,1H3,(H,13,14,15). The van der Waals surface area contributed by atoms with Crippen LogP contribution in [0.3, 0.4) is 0 Å². The zero-order valence-electron chi connectivity index (χ0n) is 8.53. The van der Waals surface area contributed by atoms with Crippen LogP contribution in [0.15, 0.2) is 39.9 Å². The Labute approximate surface area is 100 Å². The van der Waals surface area contributed by atoms with Crippen molar-refractivity contribution in [2.24, 2.45) is 0 Å². The maximum atomic E-state index is 11.0. The summed E-state index contributed by atoms with van der Waals surface area (Å²) in [5, 5.41) is 0. The number of benzene rings is 1. The molecule has 0 aliphatic rings. The van der Waals surface area contributed by atoms with E-state index in [2.05, 4.69) is 25.9 Å². The van der Waals surface area contributed by atoms with Gasteiger partial charge >= 0.3 is 0 Å². The third-order valence-electron chi connectivity index (χ3n) is 2.00. The van der Waals surface area contributed by atoms with Gasteiger partial charge in [-0.2, -0.15) is 0 Å². The van der Waals surface area contributed by atoms with Crippen LogP contribution in [0.4, 0.5) is 0 Å². The lowest BCUT2D eigenvalue weighted by atomic mass is 10.2. The fraction of sp³-hybridized carbons (Fsp3) is 0.0909. The molecule has 0 unspecified atom stereocenters. The number of halogens is 1. The van der Waals surface area contributed by atoms with Crippen molar-refractivity contribution in [3.63, 3.8) is 0 Å². The van der Waals surface area contributed by atoms with Crippen molar-refractivity contribution in [1.29, 1.82) is 0 Å². The van der Waals surface area contributed by atoms with Crippen LogP contribution >= 0.6 is 15.9 Å². The summed E-state index contributed by atoms with van der Waals surface area (Å²) in [7, 11) is 0. The molecule has 0 aliphatic carbocycles. The Bertz CT molecular complexity index is 566. The van der Waals surface area contributed by atoms with Crippen molar-refractivity contribution >= 4 is 15.9 Å². The lowest BCUT2D eigenvalue weighted by Crippen LogP contribution is -2.04. The minimum atomic E-state index is -0.236. The largest absolute Gasteiger partial charge is 0.439 e. The Morgan fingerprint density at radius 2 is 2.19 bits per heavy atom. The SMILES string of the molecule is Cc1cc(Br)ccc1Oc1cc(=O)[nH]cn1. The van der Waals surface area contributed by atoms with E-state index in [0.717, 1.165) is 10.0 Å². The van der Waals surface area contributed by atoms with Gasteiger partial charge in [-0.25, -0.2) is 4.98 Å². The lowest BCUT2D eigenvalue weighted by Gasteiger charge is -2.07. The van der Waals surface area contributed by atoms with Gasteiger partial charge in [-0.15, -0.1) is 0 Å². The number of aromatic amines is 1.